The molecule has 118 valence electrons. The predicted octanol–water partition coefficient (Wildman–Crippen LogP) is 2.17. The zero-order valence-corrected chi connectivity index (χ0v) is 13.2. The van der Waals surface area contributed by atoms with Gasteiger partial charge in [0, 0.05) is 31.7 Å². The van der Waals surface area contributed by atoms with Crippen molar-refractivity contribution in [3.05, 3.63) is 47.5 Å². The van der Waals surface area contributed by atoms with Crippen molar-refractivity contribution in [2.45, 2.75) is 26.0 Å². The molecule has 5 heteroatoms. The Morgan fingerprint density at radius 2 is 2.36 bits per heavy atom. The van der Waals surface area contributed by atoms with Crippen LogP contribution in [-0.4, -0.2) is 47.8 Å². The lowest BCUT2D eigenvalue weighted by Gasteiger charge is -2.32. The smallest absolute Gasteiger partial charge is 0.119 e. The average Bonchev–Trinajstić information content (AvgIpc) is 2.93. The quantitative estimate of drug-likeness (QED) is 0.919. The second kappa shape index (κ2) is 6.94. The predicted molar refractivity (Wildman–Crippen MR) is 85.0 cm³/mol. The largest absolute Gasteiger partial charge is 0.497 e. The first kappa shape index (κ1) is 15.1. The third-order valence-corrected chi connectivity index (χ3v) is 4.13. The van der Waals surface area contributed by atoms with Crippen LogP contribution in [0, 0.1) is 6.92 Å². The van der Waals surface area contributed by atoms with Crippen molar-refractivity contribution in [3.8, 4) is 5.75 Å². The Morgan fingerprint density at radius 3 is 3.14 bits per heavy atom. The van der Waals surface area contributed by atoms with E-state index in [1.807, 2.05) is 12.1 Å². The summed E-state index contributed by atoms with van der Waals surface area (Å²) in [4.78, 5) is 9.94. The van der Waals surface area contributed by atoms with E-state index in [0.717, 1.165) is 49.8 Å². The Bertz CT molecular complexity index is 611. The van der Waals surface area contributed by atoms with Crippen LogP contribution in [0.3, 0.4) is 0 Å². The summed E-state index contributed by atoms with van der Waals surface area (Å²) >= 11 is 0. The van der Waals surface area contributed by atoms with E-state index in [1.54, 1.807) is 13.4 Å². The molecule has 0 saturated carbocycles. The summed E-state index contributed by atoms with van der Waals surface area (Å²) in [5, 5.41) is 0. The van der Waals surface area contributed by atoms with Gasteiger partial charge < -0.3 is 14.5 Å². The van der Waals surface area contributed by atoms with Gasteiger partial charge in [-0.2, -0.15) is 0 Å². The number of aromatic nitrogens is 2. The van der Waals surface area contributed by atoms with E-state index < -0.39 is 0 Å². The minimum atomic E-state index is 0.222. The van der Waals surface area contributed by atoms with Gasteiger partial charge in [-0.1, -0.05) is 12.1 Å². The minimum absolute atomic E-state index is 0.222. The number of hydrogen-bond acceptors (Lipinski definition) is 4. The zero-order chi connectivity index (χ0) is 15.4. The maximum atomic E-state index is 5.92. The van der Waals surface area contributed by atoms with Gasteiger partial charge in [-0.25, -0.2) is 4.98 Å². The number of hydrogen-bond donors (Lipinski definition) is 1. The molecule has 0 amide bonds. The minimum Gasteiger partial charge on any atom is -0.497 e. The summed E-state index contributed by atoms with van der Waals surface area (Å²) in [6.45, 7) is 5.62. The fraction of sp³-hybridized carbons (Fsp3) is 0.471. The maximum absolute atomic E-state index is 5.92. The lowest BCUT2D eigenvalue weighted by Crippen LogP contribution is -2.43. The Morgan fingerprint density at radius 1 is 1.45 bits per heavy atom. The molecular weight excluding hydrogens is 278 g/mol. The third kappa shape index (κ3) is 3.67. The van der Waals surface area contributed by atoms with Gasteiger partial charge in [-0.15, -0.1) is 0 Å². The molecule has 0 radical (unpaired) electrons. The number of ether oxygens (including phenoxy) is 2. The normalized spacial score (nSPS) is 19.3. The molecule has 1 aliphatic heterocycles. The molecule has 1 saturated heterocycles. The number of nitrogens with one attached hydrogen (secondary N) is 1. The molecule has 0 aliphatic carbocycles. The van der Waals surface area contributed by atoms with Gasteiger partial charge in [0.05, 0.1) is 31.8 Å². The number of morpholine rings is 1. The van der Waals surface area contributed by atoms with Crippen LogP contribution in [0.5, 0.6) is 5.75 Å². The van der Waals surface area contributed by atoms with Crippen molar-refractivity contribution >= 4 is 0 Å². The van der Waals surface area contributed by atoms with Crippen LogP contribution >= 0.6 is 0 Å². The van der Waals surface area contributed by atoms with Crippen molar-refractivity contribution in [1.82, 2.24) is 14.9 Å². The molecule has 5 nitrogen and oxygen atoms in total. The molecule has 2 heterocycles. The number of methoxy groups -OCH3 is 1. The summed E-state index contributed by atoms with van der Waals surface area (Å²) in [7, 11) is 1.70. The van der Waals surface area contributed by atoms with Crippen LogP contribution in [-0.2, 0) is 17.7 Å². The van der Waals surface area contributed by atoms with E-state index >= 15 is 0 Å². The highest BCUT2D eigenvalue weighted by molar-refractivity contribution is 5.28. The van der Waals surface area contributed by atoms with Crippen molar-refractivity contribution < 1.29 is 9.47 Å². The van der Waals surface area contributed by atoms with Gasteiger partial charge >= 0.3 is 0 Å². The number of imidazole rings is 1. The number of benzene rings is 1. The monoisotopic (exact) mass is 301 g/mol. The summed E-state index contributed by atoms with van der Waals surface area (Å²) in [6.07, 6.45) is 2.90. The van der Waals surface area contributed by atoms with Crippen LogP contribution in [0.2, 0.25) is 0 Å². The molecule has 1 N–H and O–H groups in total. The number of H-pyrrole nitrogens is 1. The van der Waals surface area contributed by atoms with Crippen LogP contribution in [0.25, 0.3) is 0 Å². The van der Waals surface area contributed by atoms with E-state index in [4.69, 9.17) is 9.47 Å². The second-order valence-corrected chi connectivity index (χ2v) is 5.76. The van der Waals surface area contributed by atoms with E-state index in [-0.39, 0.29) is 6.10 Å². The molecule has 2 aromatic rings. The molecular formula is C17H23N3O2. The Hall–Kier alpha value is -1.85. The lowest BCUT2D eigenvalue weighted by atomic mass is 10.1. The first-order chi connectivity index (χ1) is 10.7. The van der Waals surface area contributed by atoms with Gasteiger partial charge in [-0.3, -0.25) is 4.90 Å². The zero-order valence-electron chi connectivity index (χ0n) is 13.2. The van der Waals surface area contributed by atoms with Gasteiger partial charge in [0.2, 0.25) is 0 Å². The molecule has 0 spiro atoms. The number of rotatable bonds is 5. The second-order valence-electron chi connectivity index (χ2n) is 5.76. The fourth-order valence-corrected chi connectivity index (χ4v) is 2.87. The SMILES string of the molecule is COc1cccc(C[C@H]2CN(Cc3nc[nH]c3C)CCO2)c1. The summed E-state index contributed by atoms with van der Waals surface area (Å²) in [6, 6.07) is 8.21. The van der Waals surface area contributed by atoms with Crippen LogP contribution in [0.4, 0.5) is 0 Å². The number of aryl methyl sites for hydroxylation is 1. The summed E-state index contributed by atoms with van der Waals surface area (Å²) in [5.41, 5.74) is 3.53. The highest BCUT2D eigenvalue weighted by Gasteiger charge is 2.22. The first-order valence-corrected chi connectivity index (χ1v) is 7.70. The van der Waals surface area contributed by atoms with E-state index in [2.05, 4.69) is 33.9 Å². The molecule has 1 aromatic carbocycles. The van der Waals surface area contributed by atoms with E-state index in [0.29, 0.717) is 0 Å². The van der Waals surface area contributed by atoms with Gasteiger partial charge in [0.25, 0.3) is 0 Å². The average molecular weight is 301 g/mol. The van der Waals surface area contributed by atoms with Crippen molar-refractivity contribution in [3.63, 3.8) is 0 Å². The van der Waals surface area contributed by atoms with Crippen molar-refractivity contribution in [2.24, 2.45) is 0 Å². The molecule has 22 heavy (non-hydrogen) atoms. The standard InChI is InChI=1S/C17H23N3O2/c1-13-17(19-12-18-13)11-20-6-7-22-16(10-20)9-14-4-3-5-15(8-14)21-2/h3-5,8,12,16H,6-7,9-11H2,1-2H3,(H,18,19)/t16-/m0/s1. The van der Waals surface area contributed by atoms with Crippen molar-refractivity contribution in [1.29, 1.82) is 0 Å². The van der Waals surface area contributed by atoms with E-state index in [1.165, 1.54) is 5.56 Å². The summed E-state index contributed by atoms with van der Waals surface area (Å²) < 4.78 is 11.2. The Labute approximate surface area is 131 Å². The molecule has 3 rings (SSSR count). The Balaban J connectivity index is 1.59. The lowest BCUT2D eigenvalue weighted by molar-refractivity contribution is -0.0308. The molecule has 1 atom stereocenters. The number of nitrogens with zero attached hydrogens (tertiary/aromatic N) is 2. The van der Waals surface area contributed by atoms with Crippen LogP contribution < -0.4 is 4.74 Å². The molecule has 1 aliphatic rings. The highest BCUT2D eigenvalue weighted by Crippen LogP contribution is 2.18. The molecule has 1 fully saturated rings. The number of aromatic amines is 1. The molecule has 0 bridgehead atoms. The van der Waals surface area contributed by atoms with Gasteiger partial charge in [0.15, 0.2) is 0 Å². The third-order valence-electron chi connectivity index (χ3n) is 4.13. The fourth-order valence-electron chi connectivity index (χ4n) is 2.87. The maximum Gasteiger partial charge on any atom is 0.119 e. The molecule has 1 aromatic heterocycles. The summed E-state index contributed by atoms with van der Waals surface area (Å²) in [5.74, 6) is 0.900. The first-order valence-electron chi connectivity index (χ1n) is 7.70. The van der Waals surface area contributed by atoms with E-state index in [9.17, 15) is 0 Å². The van der Waals surface area contributed by atoms with Gasteiger partial charge in [0.1, 0.15) is 5.75 Å². The Kier molecular flexibility index (Phi) is 4.75. The van der Waals surface area contributed by atoms with Crippen LogP contribution in [0.15, 0.2) is 30.6 Å². The topological polar surface area (TPSA) is 50.4 Å². The molecule has 0 unspecified atom stereocenters. The van der Waals surface area contributed by atoms with Crippen LogP contribution in [0.1, 0.15) is 17.0 Å². The highest BCUT2D eigenvalue weighted by atomic mass is 16.5. The van der Waals surface area contributed by atoms with Crippen molar-refractivity contribution in [2.75, 3.05) is 26.8 Å². The van der Waals surface area contributed by atoms with Gasteiger partial charge in [-0.05, 0) is 24.6 Å².